The van der Waals surface area contributed by atoms with Gasteiger partial charge in [0.05, 0.1) is 31.8 Å². The van der Waals surface area contributed by atoms with E-state index in [-0.39, 0.29) is 23.2 Å². The summed E-state index contributed by atoms with van der Waals surface area (Å²) in [7, 11) is 3.17. The van der Waals surface area contributed by atoms with E-state index in [1.54, 1.807) is 68.9 Å². The molecule has 1 fully saturated rings. The number of nitrogens with zero attached hydrogens (tertiary/aromatic N) is 5. The normalized spacial score (nSPS) is 12.9. The molecule has 0 unspecified atom stereocenters. The molecule has 2 aromatic heterocycles. The van der Waals surface area contributed by atoms with Crippen LogP contribution in [0, 0.1) is 0 Å². The van der Waals surface area contributed by atoms with Crippen LogP contribution in [-0.2, 0) is 4.79 Å². The van der Waals surface area contributed by atoms with Crippen molar-refractivity contribution in [3.05, 3.63) is 95.9 Å². The second-order valence-electron chi connectivity index (χ2n) is 10.2. The largest absolute Gasteiger partial charge is 0.497 e. The molecule has 0 bridgehead atoms. The van der Waals surface area contributed by atoms with Crippen LogP contribution in [0.3, 0.4) is 0 Å². The fraction of sp³-hybridized carbons (Fsp3) is 0.182. The van der Waals surface area contributed by atoms with Crippen molar-refractivity contribution in [2.45, 2.75) is 0 Å². The number of amides is 1. The molecular weight excluding hydrogens is 572 g/mol. The number of rotatable bonds is 9. The molecular formula is C33H32N8O4. The number of piperazine rings is 1. The number of hydrogen-bond donors (Lipinski definition) is 3. The van der Waals surface area contributed by atoms with Gasteiger partial charge < -0.3 is 30.3 Å². The smallest absolute Gasteiger partial charge is 0.283 e. The third kappa shape index (κ3) is 6.17. The molecule has 0 aliphatic carbocycles. The van der Waals surface area contributed by atoms with Crippen LogP contribution >= 0.6 is 0 Å². The predicted octanol–water partition coefficient (Wildman–Crippen LogP) is 4.14. The highest BCUT2D eigenvalue weighted by Crippen LogP contribution is 2.32. The van der Waals surface area contributed by atoms with Crippen molar-refractivity contribution in [3.63, 3.8) is 0 Å². The van der Waals surface area contributed by atoms with Crippen LogP contribution < -0.4 is 35.9 Å². The van der Waals surface area contributed by atoms with E-state index in [0.29, 0.717) is 39.6 Å². The van der Waals surface area contributed by atoms with Crippen LogP contribution in [-0.4, -0.2) is 65.8 Å². The van der Waals surface area contributed by atoms with Crippen LogP contribution in [0.15, 0.2) is 90.4 Å². The van der Waals surface area contributed by atoms with Crippen molar-refractivity contribution >= 4 is 40.1 Å². The Bertz CT molecular complexity index is 1950. The Labute approximate surface area is 259 Å². The molecule has 12 heteroatoms. The van der Waals surface area contributed by atoms with Gasteiger partial charge in [0, 0.05) is 49.2 Å². The molecule has 3 N–H and O–H groups in total. The van der Waals surface area contributed by atoms with Gasteiger partial charge in [-0.25, -0.2) is 9.97 Å². The van der Waals surface area contributed by atoms with Gasteiger partial charge >= 0.3 is 0 Å². The zero-order chi connectivity index (χ0) is 31.3. The van der Waals surface area contributed by atoms with Gasteiger partial charge in [-0.2, -0.15) is 4.98 Å². The van der Waals surface area contributed by atoms with E-state index >= 15 is 0 Å². The van der Waals surface area contributed by atoms with Crippen LogP contribution in [0.2, 0.25) is 0 Å². The van der Waals surface area contributed by atoms with Gasteiger partial charge in [-0.15, -0.1) is 0 Å². The van der Waals surface area contributed by atoms with Crippen molar-refractivity contribution in [2.75, 3.05) is 55.9 Å². The summed E-state index contributed by atoms with van der Waals surface area (Å²) >= 11 is 0. The first-order valence-corrected chi connectivity index (χ1v) is 14.4. The lowest BCUT2D eigenvalue weighted by atomic mass is 10.1. The molecule has 0 atom stereocenters. The Kier molecular flexibility index (Phi) is 8.38. The molecule has 1 amide bonds. The van der Waals surface area contributed by atoms with Crippen LogP contribution in [0.25, 0.3) is 28.1 Å². The van der Waals surface area contributed by atoms with Crippen molar-refractivity contribution in [2.24, 2.45) is 0 Å². The third-order valence-electron chi connectivity index (χ3n) is 7.41. The monoisotopic (exact) mass is 604 g/mol. The number of carbonyl (C=O) groups is 1. The minimum atomic E-state index is -0.412. The molecule has 0 radical (unpaired) electrons. The van der Waals surface area contributed by atoms with E-state index in [2.05, 4.69) is 37.4 Å². The fourth-order valence-electron chi connectivity index (χ4n) is 5.18. The summed E-state index contributed by atoms with van der Waals surface area (Å²) in [4.78, 5) is 42.4. The van der Waals surface area contributed by atoms with Gasteiger partial charge in [0.2, 0.25) is 11.9 Å². The maximum Gasteiger partial charge on any atom is 0.283 e. The lowest BCUT2D eigenvalue weighted by molar-refractivity contribution is -0.111. The minimum absolute atomic E-state index is 0.191. The number of fused-ring (bicyclic) bond motifs is 1. The highest BCUT2D eigenvalue weighted by atomic mass is 16.5. The number of ether oxygens (including phenoxy) is 2. The van der Waals surface area contributed by atoms with Crippen molar-refractivity contribution in [1.29, 1.82) is 0 Å². The van der Waals surface area contributed by atoms with E-state index in [9.17, 15) is 9.59 Å². The van der Waals surface area contributed by atoms with Crippen LogP contribution in [0.5, 0.6) is 11.5 Å². The molecule has 1 saturated heterocycles. The zero-order valence-corrected chi connectivity index (χ0v) is 24.9. The average Bonchev–Trinajstić information content (AvgIpc) is 3.08. The van der Waals surface area contributed by atoms with Gasteiger partial charge in [-0.1, -0.05) is 24.8 Å². The molecule has 228 valence electrons. The summed E-state index contributed by atoms with van der Waals surface area (Å²) < 4.78 is 12.5. The van der Waals surface area contributed by atoms with Crippen molar-refractivity contribution in [3.8, 4) is 28.4 Å². The van der Waals surface area contributed by atoms with Gasteiger partial charge in [0.25, 0.3) is 5.56 Å². The van der Waals surface area contributed by atoms with Crippen molar-refractivity contribution < 1.29 is 14.3 Å². The maximum atomic E-state index is 14.2. The highest BCUT2D eigenvalue weighted by Gasteiger charge is 2.19. The number of benzene rings is 3. The summed E-state index contributed by atoms with van der Waals surface area (Å²) in [5, 5.41) is 9.35. The third-order valence-corrected chi connectivity index (χ3v) is 7.41. The molecule has 5 aromatic rings. The van der Waals surface area contributed by atoms with Gasteiger partial charge in [-0.3, -0.25) is 14.2 Å². The Balaban J connectivity index is 1.46. The Morgan fingerprint density at radius 3 is 2.58 bits per heavy atom. The molecule has 3 aromatic carbocycles. The Morgan fingerprint density at radius 2 is 1.80 bits per heavy atom. The molecule has 3 heterocycles. The highest BCUT2D eigenvalue weighted by molar-refractivity contribution is 5.99. The van der Waals surface area contributed by atoms with Crippen LogP contribution in [0.1, 0.15) is 0 Å². The quantitative estimate of drug-likeness (QED) is 0.211. The topological polar surface area (TPSA) is 136 Å². The Hall–Kier alpha value is -5.75. The summed E-state index contributed by atoms with van der Waals surface area (Å²) in [6.07, 6.45) is 2.74. The number of hydrogen-bond acceptors (Lipinski definition) is 10. The lowest BCUT2D eigenvalue weighted by Crippen LogP contribution is -2.43. The van der Waals surface area contributed by atoms with E-state index in [4.69, 9.17) is 14.5 Å². The predicted molar refractivity (Wildman–Crippen MR) is 175 cm³/mol. The summed E-state index contributed by atoms with van der Waals surface area (Å²) in [6.45, 7) is 7.17. The summed E-state index contributed by atoms with van der Waals surface area (Å²) in [5.41, 5.74) is 3.70. The number of nitrogens with one attached hydrogen (secondary N) is 3. The SMILES string of the molecule is C=CC(=O)Nc1cccc(-n2c(=O)c(-c3cccc(OC)c3)nc3cnc(Nc4ccc(N5CCNCC5)cc4OC)nc32)c1. The first-order valence-electron chi connectivity index (χ1n) is 14.4. The number of carbonyl (C=O) groups excluding carboxylic acids is 1. The molecule has 45 heavy (non-hydrogen) atoms. The zero-order valence-electron chi connectivity index (χ0n) is 24.9. The molecule has 12 nitrogen and oxygen atoms in total. The van der Waals surface area contributed by atoms with Crippen LogP contribution in [0.4, 0.5) is 23.0 Å². The minimum Gasteiger partial charge on any atom is -0.497 e. The fourth-order valence-corrected chi connectivity index (χ4v) is 5.18. The second kappa shape index (κ2) is 12.9. The first-order chi connectivity index (χ1) is 22.0. The number of methoxy groups -OCH3 is 2. The lowest BCUT2D eigenvalue weighted by Gasteiger charge is -2.30. The average molecular weight is 605 g/mol. The maximum absolute atomic E-state index is 14.2. The molecule has 6 rings (SSSR count). The molecule has 0 spiro atoms. The van der Waals surface area contributed by atoms with Gasteiger partial charge in [0.1, 0.15) is 22.7 Å². The Morgan fingerprint density at radius 1 is 0.978 bits per heavy atom. The molecule has 1 aliphatic heterocycles. The summed E-state index contributed by atoms with van der Waals surface area (Å²) in [5.74, 6) is 1.09. The first kappa shape index (κ1) is 29.3. The summed E-state index contributed by atoms with van der Waals surface area (Å²) in [6, 6.07) is 20.0. The van der Waals surface area contributed by atoms with Crippen molar-refractivity contribution in [1.82, 2.24) is 24.8 Å². The second-order valence-corrected chi connectivity index (χ2v) is 10.2. The van der Waals surface area contributed by atoms with E-state index < -0.39 is 5.56 Å². The molecule has 0 saturated carbocycles. The number of anilines is 4. The standard InChI is InChI=1S/C33H32N8O4/c1-4-29(42)36-22-8-6-9-24(18-22)41-31-27(37-30(32(41)43)21-7-5-10-25(17-21)44-2)20-35-33(39-31)38-26-12-11-23(19-28(26)45-3)40-15-13-34-14-16-40/h4-12,17-20,34H,1,13-16H2,2-3H3,(H,36,42)(H,35,38,39). The number of aromatic nitrogens is 4. The van der Waals surface area contributed by atoms with E-state index in [1.807, 2.05) is 18.2 Å². The van der Waals surface area contributed by atoms with E-state index in [0.717, 1.165) is 31.9 Å². The van der Waals surface area contributed by atoms with Gasteiger partial charge in [-0.05, 0) is 48.5 Å². The van der Waals surface area contributed by atoms with Gasteiger partial charge in [0.15, 0.2) is 5.65 Å². The van der Waals surface area contributed by atoms with E-state index in [1.165, 1.54) is 10.6 Å². The molecule has 1 aliphatic rings.